The van der Waals surface area contributed by atoms with Crippen LogP contribution in [0, 0.1) is 0 Å². The molecule has 2 heterocycles. The second kappa shape index (κ2) is 9.13. The fraction of sp³-hybridized carbons (Fsp3) is 0.182. The first kappa shape index (κ1) is 20.8. The molecule has 1 N–H and O–H groups in total. The molecule has 0 saturated heterocycles. The van der Waals surface area contributed by atoms with Crippen molar-refractivity contribution in [3.63, 3.8) is 0 Å². The van der Waals surface area contributed by atoms with Gasteiger partial charge in [-0.15, -0.1) is 0 Å². The molecule has 0 radical (unpaired) electrons. The van der Waals surface area contributed by atoms with Gasteiger partial charge in [0.1, 0.15) is 25.0 Å². The van der Waals surface area contributed by atoms with Crippen molar-refractivity contribution in [1.29, 1.82) is 0 Å². The summed E-state index contributed by atoms with van der Waals surface area (Å²) in [7, 11) is 0. The molecule has 31 heavy (non-hydrogen) atoms. The largest absolute Gasteiger partial charge is 0.489 e. The van der Waals surface area contributed by atoms with E-state index in [4.69, 9.17) is 9.47 Å². The van der Waals surface area contributed by atoms with Crippen LogP contribution in [0.15, 0.2) is 76.9 Å². The van der Waals surface area contributed by atoms with Crippen molar-refractivity contribution in [3.8, 4) is 5.75 Å². The molecule has 0 saturated carbocycles. The van der Waals surface area contributed by atoms with E-state index < -0.39 is 12.0 Å². The van der Waals surface area contributed by atoms with Crippen LogP contribution in [-0.4, -0.2) is 32.8 Å². The summed E-state index contributed by atoms with van der Waals surface area (Å²) in [5, 5.41) is 15.0. The molecule has 0 bridgehead atoms. The molecule has 3 aromatic rings. The number of halogens is 1. The maximum Gasteiger partial charge on any atom is 0.338 e. The normalized spacial score (nSPS) is 15.1. The molecule has 158 valence electrons. The first-order valence-electron chi connectivity index (χ1n) is 9.58. The number of carbonyl (C=O) groups excluding carboxylic acids is 1. The Labute approximate surface area is 187 Å². The van der Waals surface area contributed by atoms with Gasteiger partial charge >= 0.3 is 5.97 Å². The quantitative estimate of drug-likeness (QED) is 0.402. The number of hydrogen-bond acceptors (Lipinski definition) is 7. The third kappa shape index (κ3) is 4.36. The smallest absolute Gasteiger partial charge is 0.338 e. The standard InChI is InChI=1S/C22H20BrN5O3/c1-3-11-30-21(29)19-14(2)24-22-25-26-27-28(22)20(19)17-12-16(23)9-10-18(17)31-13-15-7-5-4-6-8-15/h3-10,12,20H,1,11,13H2,2H3,(H,24,25,27). The second-order valence-electron chi connectivity index (χ2n) is 6.86. The Morgan fingerprint density at radius 3 is 2.87 bits per heavy atom. The number of allylic oxidation sites excluding steroid dienone is 1. The molecule has 4 rings (SSSR count). The minimum atomic E-state index is -0.633. The van der Waals surface area contributed by atoms with Crippen LogP contribution >= 0.6 is 15.9 Å². The highest BCUT2D eigenvalue weighted by Gasteiger charge is 2.36. The molecule has 2 aromatic carbocycles. The molecule has 0 amide bonds. The number of fused-ring (bicyclic) bond motifs is 1. The summed E-state index contributed by atoms with van der Waals surface area (Å²) in [5.41, 5.74) is 2.76. The lowest BCUT2D eigenvalue weighted by molar-refractivity contribution is -0.138. The molecule has 9 heteroatoms. The Hall–Kier alpha value is -3.46. The van der Waals surface area contributed by atoms with Crippen LogP contribution < -0.4 is 10.1 Å². The fourth-order valence-electron chi connectivity index (χ4n) is 3.38. The highest BCUT2D eigenvalue weighted by Crippen LogP contribution is 2.40. The second-order valence-corrected chi connectivity index (χ2v) is 7.77. The molecule has 0 fully saturated rings. The van der Waals surface area contributed by atoms with Crippen molar-refractivity contribution in [2.24, 2.45) is 0 Å². The number of rotatable bonds is 7. The maximum atomic E-state index is 13.0. The van der Waals surface area contributed by atoms with Gasteiger partial charge in [-0.05, 0) is 41.1 Å². The Balaban J connectivity index is 1.77. The zero-order valence-corrected chi connectivity index (χ0v) is 18.4. The van der Waals surface area contributed by atoms with E-state index in [9.17, 15) is 4.79 Å². The van der Waals surface area contributed by atoms with Crippen molar-refractivity contribution in [2.75, 3.05) is 11.9 Å². The predicted molar refractivity (Wildman–Crippen MR) is 118 cm³/mol. The first-order chi connectivity index (χ1) is 15.1. The van der Waals surface area contributed by atoms with E-state index in [0.717, 1.165) is 15.6 Å². The summed E-state index contributed by atoms with van der Waals surface area (Å²) in [6.45, 7) is 5.87. The van der Waals surface area contributed by atoms with Crippen LogP contribution in [0.1, 0.15) is 24.1 Å². The van der Waals surface area contributed by atoms with Crippen LogP contribution in [-0.2, 0) is 16.1 Å². The number of carbonyl (C=O) groups is 1. The molecular weight excluding hydrogens is 462 g/mol. The van der Waals surface area contributed by atoms with Crippen LogP contribution in [0.3, 0.4) is 0 Å². The zero-order valence-electron chi connectivity index (χ0n) is 16.8. The Morgan fingerprint density at radius 1 is 1.29 bits per heavy atom. The van der Waals surface area contributed by atoms with Gasteiger partial charge in [0.2, 0.25) is 5.95 Å². The molecule has 1 aromatic heterocycles. The van der Waals surface area contributed by atoms with Crippen LogP contribution in [0.25, 0.3) is 0 Å². The van der Waals surface area contributed by atoms with Gasteiger partial charge in [0.15, 0.2) is 0 Å². The van der Waals surface area contributed by atoms with Gasteiger partial charge in [0, 0.05) is 15.7 Å². The Kier molecular flexibility index (Phi) is 6.13. The lowest BCUT2D eigenvalue weighted by Gasteiger charge is -2.28. The van der Waals surface area contributed by atoms with E-state index in [0.29, 0.717) is 29.6 Å². The van der Waals surface area contributed by atoms with Crippen molar-refractivity contribution >= 4 is 27.8 Å². The monoisotopic (exact) mass is 481 g/mol. The third-order valence-electron chi connectivity index (χ3n) is 4.77. The van der Waals surface area contributed by atoms with Crippen molar-refractivity contribution in [3.05, 3.63) is 88.1 Å². The Bertz CT molecular complexity index is 1140. The van der Waals surface area contributed by atoms with Crippen LogP contribution in [0.4, 0.5) is 5.95 Å². The molecular formula is C22H20BrN5O3. The molecule has 0 aliphatic carbocycles. The minimum Gasteiger partial charge on any atom is -0.489 e. The van der Waals surface area contributed by atoms with Gasteiger partial charge in [0.05, 0.1) is 5.57 Å². The van der Waals surface area contributed by atoms with Gasteiger partial charge < -0.3 is 14.8 Å². The minimum absolute atomic E-state index is 0.0979. The molecule has 8 nitrogen and oxygen atoms in total. The molecule has 1 aliphatic rings. The van der Waals surface area contributed by atoms with Crippen molar-refractivity contribution in [2.45, 2.75) is 19.6 Å². The van der Waals surface area contributed by atoms with Gasteiger partial charge in [-0.25, -0.2) is 4.79 Å². The van der Waals surface area contributed by atoms with E-state index in [1.54, 1.807) is 11.6 Å². The van der Waals surface area contributed by atoms with Gasteiger partial charge in [-0.1, -0.05) is 64.0 Å². The van der Waals surface area contributed by atoms with Crippen LogP contribution in [0.5, 0.6) is 5.75 Å². The van der Waals surface area contributed by atoms with Crippen LogP contribution in [0.2, 0.25) is 0 Å². The summed E-state index contributed by atoms with van der Waals surface area (Å²) in [4.78, 5) is 13.0. The van der Waals surface area contributed by atoms with Gasteiger partial charge in [-0.2, -0.15) is 4.68 Å². The van der Waals surface area contributed by atoms with Crippen molar-refractivity contribution < 1.29 is 14.3 Å². The van der Waals surface area contributed by atoms with Gasteiger partial charge in [0.25, 0.3) is 0 Å². The number of tetrazole rings is 1. The summed E-state index contributed by atoms with van der Waals surface area (Å²) in [5.74, 6) is 0.559. The lowest BCUT2D eigenvalue weighted by Crippen LogP contribution is -2.30. The summed E-state index contributed by atoms with van der Waals surface area (Å²) >= 11 is 3.53. The fourth-order valence-corrected chi connectivity index (χ4v) is 3.76. The number of hydrogen-bond donors (Lipinski definition) is 1. The number of ether oxygens (including phenoxy) is 2. The van der Waals surface area contributed by atoms with Gasteiger partial charge in [-0.3, -0.25) is 0 Å². The van der Waals surface area contributed by atoms with Crippen molar-refractivity contribution in [1.82, 2.24) is 20.2 Å². The van der Waals surface area contributed by atoms with E-state index in [2.05, 4.69) is 43.4 Å². The molecule has 1 atom stereocenters. The number of benzene rings is 2. The topological polar surface area (TPSA) is 91.2 Å². The Morgan fingerprint density at radius 2 is 2.10 bits per heavy atom. The number of esters is 1. The number of anilines is 1. The SMILES string of the molecule is C=CCOC(=O)C1=C(C)Nc2nnnn2C1c1cc(Br)ccc1OCc1ccccc1. The lowest BCUT2D eigenvalue weighted by atomic mass is 9.95. The first-order valence-corrected chi connectivity index (χ1v) is 10.4. The number of nitrogens with zero attached hydrogens (tertiary/aromatic N) is 4. The number of aromatic nitrogens is 4. The molecule has 1 aliphatic heterocycles. The summed E-state index contributed by atoms with van der Waals surface area (Å²) in [6.07, 6.45) is 1.52. The number of nitrogens with one attached hydrogen (secondary N) is 1. The van der Waals surface area contributed by atoms with E-state index in [1.165, 1.54) is 6.08 Å². The molecule has 1 unspecified atom stereocenters. The average Bonchev–Trinajstić information content (AvgIpc) is 3.24. The van der Waals surface area contributed by atoms with E-state index >= 15 is 0 Å². The van der Waals surface area contributed by atoms with E-state index in [-0.39, 0.29) is 6.61 Å². The highest BCUT2D eigenvalue weighted by atomic mass is 79.9. The summed E-state index contributed by atoms with van der Waals surface area (Å²) in [6, 6.07) is 14.9. The third-order valence-corrected chi connectivity index (χ3v) is 5.26. The maximum absolute atomic E-state index is 13.0. The zero-order chi connectivity index (χ0) is 21.8. The highest BCUT2D eigenvalue weighted by molar-refractivity contribution is 9.10. The van der Waals surface area contributed by atoms with E-state index in [1.807, 2.05) is 48.5 Å². The predicted octanol–water partition coefficient (Wildman–Crippen LogP) is 4.03. The molecule has 0 spiro atoms. The summed E-state index contributed by atoms with van der Waals surface area (Å²) < 4.78 is 13.9. The average molecular weight is 482 g/mol.